The van der Waals surface area contributed by atoms with Gasteiger partial charge in [0.25, 0.3) is 0 Å². The Morgan fingerprint density at radius 2 is 2.45 bits per heavy atom. The zero-order chi connectivity index (χ0) is 8.43. The molecule has 1 rings (SSSR count). The molecule has 1 aliphatic heterocycles. The van der Waals surface area contributed by atoms with E-state index in [-0.39, 0.29) is 12.1 Å². The van der Waals surface area contributed by atoms with Gasteiger partial charge in [-0.05, 0) is 5.92 Å². The van der Waals surface area contributed by atoms with Crippen LogP contribution in [0.25, 0.3) is 0 Å². The van der Waals surface area contributed by atoms with E-state index in [0.29, 0.717) is 12.5 Å². The third-order valence-electron chi connectivity index (χ3n) is 1.91. The predicted molar refractivity (Wildman–Crippen MR) is 42.0 cm³/mol. The zero-order valence-electron chi connectivity index (χ0n) is 6.91. The molecule has 0 aromatic carbocycles. The Hall–Kier alpha value is -0.990. The first-order chi connectivity index (χ1) is 5.16. The van der Waals surface area contributed by atoms with Crippen LogP contribution in [0.5, 0.6) is 0 Å². The molecule has 1 amide bonds. The monoisotopic (exact) mass is 155 g/mol. The highest BCUT2D eigenvalue weighted by molar-refractivity contribution is 5.71. The van der Waals surface area contributed by atoms with E-state index in [0.717, 1.165) is 0 Å². The van der Waals surface area contributed by atoms with Crippen molar-refractivity contribution in [1.82, 2.24) is 4.90 Å². The molecule has 11 heavy (non-hydrogen) atoms. The van der Waals surface area contributed by atoms with Crippen LogP contribution in [0.4, 0.5) is 4.79 Å². The highest BCUT2D eigenvalue weighted by Crippen LogP contribution is 2.18. The van der Waals surface area contributed by atoms with Gasteiger partial charge in [0.15, 0.2) is 0 Å². The smallest absolute Gasteiger partial charge is 0.414 e. The molecule has 1 heterocycles. The normalized spacial score (nSPS) is 24.1. The van der Waals surface area contributed by atoms with Gasteiger partial charge in [-0.15, -0.1) is 0 Å². The van der Waals surface area contributed by atoms with Crippen molar-refractivity contribution >= 4 is 6.09 Å². The van der Waals surface area contributed by atoms with E-state index in [1.807, 2.05) is 0 Å². The molecule has 0 spiro atoms. The van der Waals surface area contributed by atoms with Crippen LogP contribution in [-0.4, -0.2) is 23.6 Å². The standard InChI is InChI=1S/C8H13NO2/c1-4-9-7(6(2)3)5-11-8(9)10/h4,6-7H,1,5H2,2-3H3/t7-/m1/s1. The summed E-state index contributed by atoms with van der Waals surface area (Å²) in [5.41, 5.74) is 0. The largest absolute Gasteiger partial charge is 0.447 e. The second-order valence-corrected chi connectivity index (χ2v) is 2.98. The lowest BCUT2D eigenvalue weighted by atomic mass is 10.1. The molecule has 0 unspecified atom stereocenters. The van der Waals surface area contributed by atoms with Gasteiger partial charge in [-0.1, -0.05) is 20.4 Å². The fourth-order valence-corrected chi connectivity index (χ4v) is 1.17. The number of nitrogens with zero attached hydrogens (tertiary/aromatic N) is 1. The number of hydrogen-bond acceptors (Lipinski definition) is 2. The van der Waals surface area contributed by atoms with Crippen molar-refractivity contribution in [3.05, 3.63) is 12.8 Å². The molecular weight excluding hydrogens is 142 g/mol. The molecule has 3 nitrogen and oxygen atoms in total. The van der Waals surface area contributed by atoms with Crippen molar-refractivity contribution in [2.45, 2.75) is 19.9 Å². The molecule has 0 saturated carbocycles. The predicted octanol–water partition coefficient (Wildman–Crippen LogP) is 1.61. The lowest BCUT2D eigenvalue weighted by Crippen LogP contribution is -2.32. The molecule has 0 radical (unpaired) electrons. The number of hydrogen-bond donors (Lipinski definition) is 0. The van der Waals surface area contributed by atoms with Crippen LogP contribution < -0.4 is 0 Å². The van der Waals surface area contributed by atoms with Gasteiger partial charge >= 0.3 is 6.09 Å². The average molecular weight is 155 g/mol. The van der Waals surface area contributed by atoms with E-state index < -0.39 is 0 Å². The van der Waals surface area contributed by atoms with Crippen molar-refractivity contribution in [2.75, 3.05) is 6.61 Å². The molecule has 0 aromatic heterocycles. The topological polar surface area (TPSA) is 29.5 Å². The molecule has 1 aliphatic rings. The van der Waals surface area contributed by atoms with E-state index in [1.165, 1.54) is 6.20 Å². The molecule has 1 saturated heterocycles. The quantitative estimate of drug-likeness (QED) is 0.606. The Morgan fingerprint density at radius 3 is 2.82 bits per heavy atom. The van der Waals surface area contributed by atoms with Gasteiger partial charge in [0.2, 0.25) is 0 Å². The summed E-state index contributed by atoms with van der Waals surface area (Å²) in [7, 11) is 0. The molecule has 0 bridgehead atoms. The summed E-state index contributed by atoms with van der Waals surface area (Å²) in [5, 5.41) is 0. The van der Waals surface area contributed by atoms with Crippen LogP contribution in [0.1, 0.15) is 13.8 Å². The summed E-state index contributed by atoms with van der Waals surface area (Å²) in [6.07, 6.45) is 1.25. The second kappa shape index (κ2) is 2.95. The summed E-state index contributed by atoms with van der Waals surface area (Å²) in [5.74, 6) is 0.416. The molecule has 0 N–H and O–H groups in total. The highest BCUT2D eigenvalue weighted by atomic mass is 16.6. The van der Waals surface area contributed by atoms with E-state index in [2.05, 4.69) is 20.4 Å². The van der Waals surface area contributed by atoms with Crippen molar-refractivity contribution in [3.63, 3.8) is 0 Å². The highest BCUT2D eigenvalue weighted by Gasteiger charge is 2.32. The number of carbonyl (C=O) groups is 1. The number of amides is 1. The first kappa shape index (κ1) is 8.11. The number of ether oxygens (including phenoxy) is 1. The summed E-state index contributed by atoms with van der Waals surface area (Å²) in [6.45, 7) is 8.16. The molecule has 3 heteroatoms. The van der Waals surface area contributed by atoms with Gasteiger partial charge < -0.3 is 4.74 Å². The van der Waals surface area contributed by atoms with Gasteiger partial charge in [0.1, 0.15) is 6.61 Å². The summed E-state index contributed by atoms with van der Waals surface area (Å²) >= 11 is 0. The molecule has 0 aromatic rings. The number of cyclic esters (lactones) is 1. The first-order valence-corrected chi connectivity index (χ1v) is 3.74. The number of carbonyl (C=O) groups excluding carboxylic acids is 1. The minimum absolute atomic E-state index is 0.167. The Bertz CT molecular complexity index is 177. The maximum atomic E-state index is 11.0. The Labute approximate surface area is 66.6 Å². The van der Waals surface area contributed by atoms with E-state index in [9.17, 15) is 4.79 Å². The van der Waals surface area contributed by atoms with Crippen molar-refractivity contribution in [1.29, 1.82) is 0 Å². The van der Waals surface area contributed by atoms with Crippen LogP contribution >= 0.6 is 0 Å². The second-order valence-electron chi connectivity index (χ2n) is 2.98. The molecule has 1 atom stereocenters. The van der Waals surface area contributed by atoms with E-state index >= 15 is 0 Å². The summed E-state index contributed by atoms with van der Waals surface area (Å²) in [6, 6.07) is 0.167. The fourth-order valence-electron chi connectivity index (χ4n) is 1.17. The molecule has 1 fully saturated rings. The molecular formula is C8H13NO2. The van der Waals surface area contributed by atoms with Gasteiger partial charge in [0, 0.05) is 6.20 Å². The average Bonchev–Trinajstić information content (AvgIpc) is 2.30. The SMILES string of the molecule is C=CN1C(=O)OC[C@@H]1C(C)C. The van der Waals surface area contributed by atoms with Crippen LogP contribution in [0.15, 0.2) is 12.8 Å². The van der Waals surface area contributed by atoms with Gasteiger partial charge in [-0.3, -0.25) is 4.90 Å². The van der Waals surface area contributed by atoms with Gasteiger partial charge in [-0.2, -0.15) is 0 Å². The Kier molecular flexibility index (Phi) is 2.17. The third-order valence-corrected chi connectivity index (χ3v) is 1.91. The molecule has 62 valence electrons. The van der Waals surface area contributed by atoms with Crippen molar-refractivity contribution in [3.8, 4) is 0 Å². The lowest BCUT2D eigenvalue weighted by molar-refractivity contribution is 0.166. The Morgan fingerprint density at radius 1 is 1.82 bits per heavy atom. The van der Waals surface area contributed by atoms with Crippen LogP contribution in [0.3, 0.4) is 0 Å². The van der Waals surface area contributed by atoms with Gasteiger partial charge in [0.05, 0.1) is 6.04 Å². The maximum absolute atomic E-state index is 11.0. The first-order valence-electron chi connectivity index (χ1n) is 3.74. The van der Waals surface area contributed by atoms with Crippen molar-refractivity contribution in [2.24, 2.45) is 5.92 Å². The minimum atomic E-state index is -0.279. The van der Waals surface area contributed by atoms with Crippen molar-refractivity contribution < 1.29 is 9.53 Å². The number of rotatable bonds is 2. The third kappa shape index (κ3) is 1.37. The summed E-state index contributed by atoms with van der Waals surface area (Å²) < 4.78 is 4.85. The maximum Gasteiger partial charge on any atom is 0.414 e. The van der Waals surface area contributed by atoms with Crippen LogP contribution in [0.2, 0.25) is 0 Å². The van der Waals surface area contributed by atoms with Crippen LogP contribution in [-0.2, 0) is 4.74 Å². The Balaban J connectivity index is 2.68. The lowest BCUT2D eigenvalue weighted by Gasteiger charge is -2.19. The fraction of sp³-hybridized carbons (Fsp3) is 0.625. The van der Waals surface area contributed by atoms with E-state index in [1.54, 1.807) is 4.90 Å². The summed E-state index contributed by atoms with van der Waals surface area (Å²) in [4.78, 5) is 12.5. The van der Waals surface area contributed by atoms with Crippen LogP contribution in [0, 0.1) is 5.92 Å². The zero-order valence-corrected chi connectivity index (χ0v) is 6.91. The minimum Gasteiger partial charge on any atom is -0.447 e. The van der Waals surface area contributed by atoms with E-state index in [4.69, 9.17) is 4.74 Å². The van der Waals surface area contributed by atoms with Gasteiger partial charge in [-0.25, -0.2) is 4.79 Å². The molecule has 0 aliphatic carbocycles.